The highest BCUT2D eigenvalue weighted by atomic mass is 16.2. The second kappa shape index (κ2) is 4.33. The van der Waals surface area contributed by atoms with Gasteiger partial charge in [-0.3, -0.25) is 19.9 Å². The predicted molar refractivity (Wildman–Crippen MR) is 59.7 cm³/mol. The third-order valence-electron chi connectivity index (χ3n) is 2.32. The van der Waals surface area contributed by atoms with E-state index in [0.717, 1.165) is 6.20 Å². The summed E-state index contributed by atoms with van der Waals surface area (Å²) in [6, 6.07) is -1.78. The third kappa shape index (κ3) is 2.22. The Balaban J connectivity index is 2.22. The van der Waals surface area contributed by atoms with Crippen LogP contribution in [0, 0.1) is 0 Å². The van der Waals surface area contributed by atoms with Crippen molar-refractivity contribution in [3.63, 3.8) is 0 Å². The topological polar surface area (TPSA) is 162 Å². The average Bonchev–Trinajstić information content (AvgIpc) is 2.29. The number of urea groups is 1. The molecule has 10 nitrogen and oxygen atoms in total. The number of aromatic amines is 2. The highest BCUT2D eigenvalue weighted by molar-refractivity contribution is 6.00. The van der Waals surface area contributed by atoms with Crippen molar-refractivity contribution in [2.24, 2.45) is 5.73 Å². The first-order valence-corrected chi connectivity index (χ1v) is 4.93. The Morgan fingerprint density at radius 3 is 2.61 bits per heavy atom. The van der Waals surface area contributed by atoms with Crippen LogP contribution in [0.4, 0.5) is 10.5 Å². The average molecular weight is 254 g/mol. The molecular weight excluding hydrogens is 244 g/mol. The van der Waals surface area contributed by atoms with Gasteiger partial charge in [0.05, 0.1) is 0 Å². The lowest BCUT2D eigenvalue weighted by molar-refractivity contribution is -0.122. The predicted octanol–water partition coefficient (Wildman–Crippen LogP) is -3.03. The summed E-state index contributed by atoms with van der Waals surface area (Å²) in [5.74, 6) is -0.669. The van der Waals surface area contributed by atoms with Crippen LogP contribution in [0.25, 0.3) is 0 Å². The molecular formula is C8H10N6O4. The molecule has 2 unspecified atom stereocenters. The van der Waals surface area contributed by atoms with E-state index in [0.29, 0.717) is 0 Å². The van der Waals surface area contributed by atoms with Gasteiger partial charge in [-0.2, -0.15) is 0 Å². The highest BCUT2D eigenvalue weighted by Gasteiger charge is 2.32. The minimum absolute atomic E-state index is 0.0231. The number of hydrogen-bond donors (Lipinski definition) is 6. The third-order valence-corrected chi connectivity index (χ3v) is 2.32. The van der Waals surface area contributed by atoms with Crippen molar-refractivity contribution in [3.05, 3.63) is 27.0 Å². The molecule has 7 N–H and O–H groups in total. The molecule has 1 aromatic rings. The Hall–Kier alpha value is -2.62. The summed E-state index contributed by atoms with van der Waals surface area (Å²) in [6.45, 7) is 0. The summed E-state index contributed by atoms with van der Waals surface area (Å²) < 4.78 is 0. The maximum absolute atomic E-state index is 11.4. The van der Waals surface area contributed by atoms with Crippen molar-refractivity contribution >= 4 is 17.6 Å². The van der Waals surface area contributed by atoms with Crippen molar-refractivity contribution in [3.8, 4) is 0 Å². The monoisotopic (exact) mass is 254 g/mol. The van der Waals surface area contributed by atoms with Crippen LogP contribution >= 0.6 is 0 Å². The highest BCUT2D eigenvalue weighted by Crippen LogP contribution is 2.01. The molecule has 1 saturated heterocycles. The first-order chi connectivity index (χ1) is 8.47. The second-order valence-electron chi connectivity index (χ2n) is 3.60. The Kier molecular flexibility index (Phi) is 2.85. The lowest BCUT2D eigenvalue weighted by atomic mass is 10.2. The van der Waals surface area contributed by atoms with Crippen molar-refractivity contribution < 1.29 is 9.59 Å². The zero-order valence-electron chi connectivity index (χ0n) is 8.94. The number of nitrogens with one attached hydrogen (secondary N) is 5. The molecule has 1 aliphatic rings. The molecule has 2 rings (SSSR count). The van der Waals surface area contributed by atoms with Crippen molar-refractivity contribution in [2.75, 3.05) is 5.32 Å². The Labute approximate surface area is 99.0 Å². The summed E-state index contributed by atoms with van der Waals surface area (Å²) in [6.07, 6.45) is 0.172. The van der Waals surface area contributed by atoms with Crippen LogP contribution in [0.15, 0.2) is 15.8 Å². The van der Waals surface area contributed by atoms with Crippen LogP contribution < -0.4 is 32.9 Å². The maximum atomic E-state index is 11.4. The Morgan fingerprint density at radius 2 is 1.94 bits per heavy atom. The van der Waals surface area contributed by atoms with Gasteiger partial charge in [-0.1, -0.05) is 0 Å². The van der Waals surface area contributed by atoms with Crippen molar-refractivity contribution in [1.82, 2.24) is 20.6 Å². The van der Waals surface area contributed by atoms with E-state index in [-0.39, 0.29) is 5.69 Å². The molecule has 1 aromatic heterocycles. The van der Waals surface area contributed by atoms with Crippen LogP contribution in [-0.4, -0.2) is 34.1 Å². The lowest BCUT2D eigenvalue weighted by Gasteiger charge is -2.29. The molecule has 0 radical (unpaired) electrons. The van der Waals surface area contributed by atoms with Gasteiger partial charge in [0.1, 0.15) is 17.9 Å². The summed E-state index contributed by atoms with van der Waals surface area (Å²) >= 11 is 0. The van der Waals surface area contributed by atoms with Gasteiger partial charge in [-0.05, 0) is 0 Å². The van der Waals surface area contributed by atoms with E-state index in [4.69, 9.17) is 5.73 Å². The molecule has 18 heavy (non-hydrogen) atoms. The number of hydrogen-bond acceptors (Lipinski definition) is 6. The Morgan fingerprint density at radius 1 is 1.22 bits per heavy atom. The molecule has 3 amide bonds. The van der Waals surface area contributed by atoms with Crippen molar-refractivity contribution in [2.45, 2.75) is 12.2 Å². The molecule has 2 atom stereocenters. The van der Waals surface area contributed by atoms with E-state index in [9.17, 15) is 19.2 Å². The Bertz CT molecular complexity index is 604. The summed E-state index contributed by atoms with van der Waals surface area (Å²) in [5, 5.41) is 6.86. The van der Waals surface area contributed by atoms with Crippen LogP contribution in [0.3, 0.4) is 0 Å². The molecule has 1 aliphatic heterocycles. The zero-order valence-corrected chi connectivity index (χ0v) is 8.94. The fraction of sp³-hybridized carbons (Fsp3) is 0.250. The lowest BCUT2D eigenvalue weighted by Crippen LogP contribution is -2.67. The fourth-order valence-electron chi connectivity index (χ4n) is 1.42. The summed E-state index contributed by atoms with van der Waals surface area (Å²) in [4.78, 5) is 48.8. The minimum Gasteiger partial charge on any atom is -0.358 e. The van der Waals surface area contributed by atoms with Gasteiger partial charge in [0.25, 0.3) is 5.56 Å². The normalized spacial score (nSPS) is 23.2. The number of H-pyrrole nitrogens is 2. The van der Waals surface area contributed by atoms with Crippen LogP contribution in [0.2, 0.25) is 0 Å². The molecule has 0 aromatic carbocycles. The first kappa shape index (κ1) is 11.9. The van der Waals surface area contributed by atoms with Crippen LogP contribution in [0.1, 0.15) is 0 Å². The maximum Gasteiger partial charge on any atom is 0.325 e. The smallest absolute Gasteiger partial charge is 0.325 e. The number of carbonyl (C=O) groups excluding carboxylic acids is 2. The zero-order chi connectivity index (χ0) is 13.3. The van der Waals surface area contributed by atoms with E-state index in [1.165, 1.54) is 0 Å². The van der Waals surface area contributed by atoms with Gasteiger partial charge >= 0.3 is 11.7 Å². The number of aromatic nitrogens is 2. The summed E-state index contributed by atoms with van der Waals surface area (Å²) in [7, 11) is 0. The van der Waals surface area contributed by atoms with Gasteiger partial charge in [0.15, 0.2) is 0 Å². The van der Waals surface area contributed by atoms with Gasteiger partial charge in [-0.15, -0.1) is 0 Å². The van der Waals surface area contributed by atoms with Gasteiger partial charge < -0.3 is 21.4 Å². The minimum atomic E-state index is -1.06. The van der Waals surface area contributed by atoms with Gasteiger partial charge in [-0.25, -0.2) is 9.59 Å². The molecule has 0 bridgehead atoms. The molecule has 2 heterocycles. The van der Waals surface area contributed by atoms with Crippen LogP contribution in [-0.2, 0) is 4.79 Å². The van der Waals surface area contributed by atoms with Gasteiger partial charge in [0.2, 0.25) is 5.91 Å². The molecule has 0 aliphatic carbocycles. The van der Waals surface area contributed by atoms with E-state index in [1.807, 2.05) is 10.3 Å². The van der Waals surface area contributed by atoms with Crippen LogP contribution in [0.5, 0.6) is 0 Å². The molecule has 0 spiro atoms. The SMILES string of the molecule is NC1C(=O)NC(=O)NC1Nc1c[nH]c(=O)[nH]c1=O. The standard InChI is InChI=1S/C8H10N6O4/c9-3-4(12-8(18)14-6(3)16)11-2-1-10-7(17)13-5(2)15/h1,3-4,11H,9H2,(H2,10,13,15,17)(H2,12,14,16,18). The number of nitrogens with two attached hydrogens (primary N) is 1. The first-order valence-electron chi connectivity index (χ1n) is 4.93. The van der Waals surface area contributed by atoms with E-state index < -0.39 is 35.4 Å². The fourth-order valence-corrected chi connectivity index (χ4v) is 1.42. The number of carbonyl (C=O) groups is 2. The molecule has 10 heteroatoms. The number of imide groups is 1. The molecule has 1 fully saturated rings. The van der Waals surface area contributed by atoms with Gasteiger partial charge in [0, 0.05) is 6.20 Å². The van der Waals surface area contributed by atoms with E-state index >= 15 is 0 Å². The number of rotatable bonds is 2. The second-order valence-corrected chi connectivity index (χ2v) is 3.60. The quantitative estimate of drug-likeness (QED) is 0.329. The van der Waals surface area contributed by atoms with Crippen molar-refractivity contribution in [1.29, 1.82) is 0 Å². The van der Waals surface area contributed by atoms with E-state index in [2.05, 4.69) is 15.6 Å². The summed E-state index contributed by atoms with van der Waals surface area (Å²) in [5.41, 5.74) is 4.16. The largest absolute Gasteiger partial charge is 0.358 e. The molecule has 96 valence electrons. The number of amides is 3. The van der Waals surface area contributed by atoms with E-state index in [1.54, 1.807) is 0 Å². The number of anilines is 1. The molecule has 0 saturated carbocycles.